The molecule has 9 nitrogen and oxygen atoms in total. The molecule has 0 amide bonds. The molecular weight excluding hydrogens is 266 g/mol. The number of nitrogens with one attached hydrogen (secondary N) is 1. The van der Waals surface area contributed by atoms with Crippen LogP contribution in [0.25, 0.3) is 11.2 Å². The van der Waals surface area contributed by atoms with Gasteiger partial charge in [0.25, 0.3) is 5.56 Å². The number of hydrogen-bond donors (Lipinski definition) is 4. The van der Waals surface area contributed by atoms with Crippen LogP contribution in [0, 0.1) is 5.92 Å². The molecule has 1 fully saturated rings. The first-order valence-corrected chi connectivity index (χ1v) is 6.31. The fraction of sp³-hybridized carbons (Fsp3) is 0.545. The highest BCUT2D eigenvalue weighted by Crippen LogP contribution is 2.43. The van der Waals surface area contributed by atoms with Gasteiger partial charge in [-0.25, -0.2) is 4.98 Å². The number of nitrogens with two attached hydrogens (primary N) is 1. The zero-order valence-electron chi connectivity index (χ0n) is 10.4. The van der Waals surface area contributed by atoms with Crippen molar-refractivity contribution in [2.75, 3.05) is 12.3 Å². The molecule has 0 aliphatic carbocycles. The summed E-state index contributed by atoms with van der Waals surface area (Å²) in [6, 6.07) is 0. The van der Waals surface area contributed by atoms with Crippen LogP contribution < -0.4 is 11.3 Å². The average Bonchev–Trinajstić information content (AvgIpc) is 3.00. The van der Waals surface area contributed by atoms with Crippen molar-refractivity contribution in [2.45, 2.75) is 24.9 Å². The Morgan fingerprint density at radius 2 is 2.30 bits per heavy atom. The smallest absolute Gasteiger partial charge is 0.280 e. The van der Waals surface area contributed by atoms with E-state index in [0.717, 1.165) is 0 Å². The third kappa shape index (κ3) is 1.34. The summed E-state index contributed by atoms with van der Waals surface area (Å²) in [5.41, 5.74) is 5.71. The highest BCUT2D eigenvalue weighted by atomic mass is 16.5. The van der Waals surface area contributed by atoms with Crippen LogP contribution in [0.2, 0.25) is 0 Å². The number of rotatable bonds is 1. The maximum atomic E-state index is 11.8. The maximum Gasteiger partial charge on any atom is 0.280 e. The Labute approximate surface area is 112 Å². The number of anilines is 1. The zero-order valence-corrected chi connectivity index (χ0v) is 10.4. The lowest BCUT2D eigenvalue weighted by atomic mass is 9.99. The molecule has 2 aromatic heterocycles. The molecule has 4 heterocycles. The summed E-state index contributed by atoms with van der Waals surface area (Å²) in [7, 11) is 0. The topological polar surface area (TPSA) is 139 Å². The van der Waals surface area contributed by atoms with Gasteiger partial charge in [0.2, 0.25) is 5.95 Å². The van der Waals surface area contributed by atoms with E-state index in [1.165, 1.54) is 0 Å². The van der Waals surface area contributed by atoms with E-state index in [4.69, 9.17) is 10.5 Å². The third-order valence-electron chi connectivity index (χ3n) is 3.99. The lowest BCUT2D eigenvalue weighted by molar-refractivity contribution is -0.0430. The summed E-state index contributed by atoms with van der Waals surface area (Å²) >= 11 is 0. The number of nitrogens with zero attached hydrogens (tertiary/aromatic N) is 3. The molecule has 2 aromatic rings. The van der Waals surface area contributed by atoms with Gasteiger partial charge in [0.05, 0.1) is 12.7 Å². The molecular formula is C11H13N5O4. The second-order valence-electron chi connectivity index (χ2n) is 5.13. The summed E-state index contributed by atoms with van der Waals surface area (Å²) in [4.78, 5) is 22.5. The summed E-state index contributed by atoms with van der Waals surface area (Å²) in [6.45, 7) is -0.258. The number of aliphatic hydroxyl groups excluding tert-OH is 2. The lowest BCUT2D eigenvalue weighted by Gasteiger charge is -2.13. The van der Waals surface area contributed by atoms with E-state index in [0.29, 0.717) is 17.9 Å². The van der Waals surface area contributed by atoms with E-state index in [2.05, 4.69) is 15.0 Å². The third-order valence-corrected chi connectivity index (χ3v) is 3.99. The number of fused-ring (bicyclic) bond motifs is 5. The number of aromatic nitrogens is 4. The first kappa shape index (κ1) is 11.8. The van der Waals surface area contributed by atoms with E-state index in [9.17, 15) is 15.0 Å². The minimum atomic E-state index is -0.763. The molecule has 0 unspecified atom stereocenters. The fourth-order valence-corrected chi connectivity index (χ4v) is 3.10. The first-order chi connectivity index (χ1) is 9.60. The normalized spacial score (nSPS) is 31.7. The predicted octanol–water partition coefficient (Wildman–Crippen LogP) is -1.88. The van der Waals surface area contributed by atoms with Crippen LogP contribution in [0.5, 0.6) is 0 Å². The molecule has 0 bridgehead atoms. The van der Waals surface area contributed by atoms with E-state index in [1.807, 2.05) is 0 Å². The van der Waals surface area contributed by atoms with Gasteiger partial charge in [0.1, 0.15) is 18.2 Å². The first-order valence-electron chi connectivity index (χ1n) is 6.31. The minimum absolute atomic E-state index is 0.00547. The number of nitrogen functional groups attached to an aromatic ring is 1. The predicted molar refractivity (Wildman–Crippen MR) is 66.8 cm³/mol. The van der Waals surface area contributed by atoms with Crippen LogP contribution in [-0.2, 0) is 11.2 Å². The maximum absolute atomic E-state index is 11.8. The van der Waals surface area contributed by atoms with Gasteiger partial charge in [-0.05, 0) is 0 Å². The second-order valence-corrected chi connectivity index (χ2v) is 5.13. The van der Waals surface area contributed by atoms with Crippen molar-refractivity contribution in [1.82, 2.24) is 19.5 Å². The SMILES string of the molecule is Nc1nc2c(nc3n2[C@@H]2O[C@H](CO)[C@@H](O)[C@H]2C3)c(=O)[nH]1. The minimum Gasteiger partial charge on any atom is -0.394 e. The van der Waals surface area contributed by atoms with Crippen molar-refractivity contribution >= 4 is 17.1 Å². The highest BCUT2D eigenvalue weighted by Gasteiger charge is 2.50. The quantitative estimate of drug-likeness (QED) is 0.479. The van der Waals surface area contributed by atoms with Crippen molar-refractivity contribution < 1.29 is 14.9 Å². The van der Waals surface area contributed by atoms with Gasteiger partial charge < -0.3 is 20.7 Å². The van der Waals surface area contributed by atoms with Gasteiger partial charge >= 0.3 is 0 Å². The number of hydrogen-bond acceptors (Lipinski definition) is 7. The molecule has 0 radical (unpaired) electrons. The monoisotopic (exact) mass is 279 g/mol. The van der Waals surface area contributed by atoms with Crippen LogP contribution in [0.1, 0.15) is 12.1 Å². The summed E-state index contributed by atoms with van der Waals surface area (Å²) in [5, 5.41) is 19.3. The number of H-pyrrole nitrogens is 1. The van der Waals surface area contributed by atoms with Gasteiger partial charge in [-0.2, -0.15) is 4.98 Å². The van der Waals surface area contributed by atoms with E-state index < -0.39 is 24.0 Å². The molecule has 20 heavy (non-hydrogen) atoms. The fourth-order valence-electron chi connectivity index (χ4n) is 3.10. The zero-order chi connectivity index (χ0) is 14.0. The van der Waals surface area contributed by atoms with Crippen molar-refractivity contribution in [3.05, 3.63) is 16.2 Å². The van der Waals surface area contributed by atoms with Crippen molar-refractivity contribution in [3.63, 3.8) is 0 Å². The van der Waals surface area contributed by atoms with E-state index in [-0.39, 0.29) is 24.0 Å². The van der Waals surface area contributed by atoms with Crippen LogP contribution in [0.15, 0.2) is 4.79 Å². The number of aromatic amines is 1. The molecule has 4 rings (SSSR count). The standard InChI is InChI=1S/C11H13N5O4/c12-11-14-8-6(9(19)15-11)13-5-1-3-7(18)4(2-17)20-10(3)16(5)8/h3-4,7,10,17-18H,1-2H2,(H3,12,14,15,19)/t3-,4-,7+,10-/m1/s1. The Morgan fingerprint density at radius 3 is 3.05 bits per heavy atom. The Bertz CT molecular complexity index is 753. The molecule has 106 valence electrons. The van der Waals surface area contributed by atoms with Crippen LogP contribution in [0.4, 0.5) is 5.95 Å². The molecule has 2 aliphatic rings. The van der Waals surface area contributed by atoms with Crippen LogP contribution >= 0.6 is 0 Å². The Morgan fingerprint density at radius 1 is 1.50 bits per heavy atom. The van der Waals surface area contributed by atoms with Gasteiger partial charge in [0, 0.05) is 12.3 Å². The highest BCUT2D eigenvalue weighted by molar-refractivity contribution is 5.72. The Hall–Kier alpha value is -1.97. The van der Waals surface area contributed by atoms with Gasteiger partial charge in [0.15, 0.2) is 11.2 Å². The van der Waals surface area contributed by atoms with Crippen LogP contribution in [-0.4, -0.2) is 48.5 Å². The molecule has 9 heteroatoms. The van der Waals surface area contributed by atoms with Crippen molar-refractivity contribution in [1.29, 1.82) is 0 Å². The van der Waals surface area contributed by atoms with Crippen molar-refractivity contribution in [2.24, 2.45) is 5.92 Å². The molecule has 1 saturated heterocycles. The molecule has 0 aromatic carbocycles. The molecule has 2 aliphatic heterocycles. The summed E-state index contributed by atoms with van der Waals surface area (Å²) < 4.78 is 7.33. The second kappa shape index (κ2) is 3.78. The van der Waals surface area contributed by atoms with Gasteiger partial charge in [-0.1, -0.05) is 0 Å². The molecule has 0 saturated carbocycles. The number of imidazole rings is 1. The lowest BCUT2D eigenvalue weighted by Crippen LogP contribution is -2.29. The molecule has 0 spiro atoms. The number of aliphatic hydroxyl groups is 2. The largest absolute Gasteiger partial charge is 0.394 e. The number of ether oxygens (including phenoxy) is 1. The van der Waals surface area contributed by atoms with E-state index in [1.54, 1.807) is 4.57 Å². The Kier molecular flexibility index (Phi) is 2.23. The van der Waals surface area contributed by atoms with E-state index >= 15 is 0 Å². The summed E-state index contributed by atoms with van der Waals surface area (Å²) in [6.07, 6.45) is -1.40. The molecule has 5 N–H and O–H groups in total. The average molecular weight is 279 g/mol. The van der Waals surface area contributed by atoms with Crippen molar-refractivity contribution in [3.8, 4) is 0 Å². The molecule has 4 atom stereocenters. The van der Waals surface area contributed by atoms with Crippen LogP contribution in [0.3, 0.4) is 0 Å². The van der Waals surface area contributed by atoms with Gasteiger partial charge in [-0.15, -0.1) is 0 Å². The Balaban J connectivity index is 1.90. The van der Waals surface area contributed by atoms with Gasteiger partial charge in [-0.3, -0.25) is 14.3 Å². The summed E-state index contributed by atoms with van der Waals surface area (Å²) in [5.74, 6) is 0.446.